The third-order valence-corrected chi connectivity index (χ3v) is 4.43. The molecule has 0 spiro atoms. The van der Waals surface area contributed by atoms with E-state index in [2.05, 4.69) is 9.88 Å². The van der Waals surface area contributed by atoms with Gasteiger partial charge in [-0.2, -0.15) is 0 Å². The molecule has 90 valence electrons. The van der Waals surface area contributed by atoms with Crippen molar-refractivity contribution in [1.82, 2.24) is 4.98 Å². The molecular formula is C12H12ClFN2S. The number of halogens is 2. The predicted octanol–water partition coefficient (Wildman–Crippen LogP) is 3.75. The first-order valence-corrected chi connectivity index (χ1v) is 6.83. The molecule has 0 aliphatic carbocycles. The molecule has 0 radical (unpaired) electrons. The standard InChI is InChI=1S/C12H12ClFN2S/c13-9-1-2-10-11(5-9)17-12(15-10)16-4-3-8(6-14)7-16/h1-2,5,8H,3-4,6-7H2. The lowest BCUT2D eigenvalue weighted by Crippen LogP contribution is -2.19. The Labute approximate surface area is 108 Å². The Morgan fingerprint density at radius 3 is 3.18 bits per heavy atom. The molecule has 1 aliphatic rings. The van der Waals surface area contributed by atoms with E-state index in [1.54, 1.807) is 11.3 Å². The summed E-state index contributed by atoms with van der Waals surface area (Å²) in [6.07, 6.45) is 0.924. The fourth-order valence-electron chi connectivity index (χ4n) is 2.15. The molecule has 2 nitrogen and oxygen atoms in total. The van der Waals surface area contributed by atoms with Crippen molar-refractivity contribution in [3.8, 4) is 0 Å². The normalized spacial score (nSPS) is 20.4. The Morgan fingerprint density at radius 1 is 1.53 bits per heavy atom. The summed E-state index contributed by atoms with van der Waals surface area (Å²) >= 11 is 7.58. The van der Waals surface area contributed by atoms with Crippen molar-refractivity contribution in [2.75, 3.05) is 24.7 Å². The van der Waals surface area contributed by atoms with Crippen molar-refractivity contribution < 1.29 is 4.39 Å². The molecule has 2 heterocycles. The number of benzene rings is 1. The number of aromatic nitrogens is 1. The summed E-state index contributed by atoms with van der Waals surface area (Å²) in [6.45, 7) is 1.46. The van der Waals surface area contributed by atoms with Crippen LogP contribution in [0.4, 0.5) is 9.52 Å². The number of fused-ring (bicyclic) bond motifs is 1. The number of nitrogens with zero attached hydrogens (tertiary/aromatic N) is 2. The van der Waals surface area contributed by atoms with Crippen LogP contribution in [-0.4, -0.2) is 24.7 Å². The second-order valence-corrected chi connectivity index (χ2v) is 5.81. The quantitative estimate of drug-likeness (QED) is 0.826. The van der Waals surface area contributed by atoms with Gasteiger partial charge < -0.3 is 4.90 Å². The van der Waals surface area contributed by atoms with Crippen molar-refractivity contribution in [2.24, 2.45) is 5.92 Å². The van der Waals surface area contributed by atoms with Crippen molar-refractivity contribution in [1.29, 1.82) is 0 Å². The minimum Gasteiger partial charge on any atom is -0.348 e. The minimum atomic E-state index is -0.229. The summed E-state index contributed by atoms with van der Waals surface area (Å²) in [4.78, 5) is 6.74. The van der Waals surface area contributed by atoms with Crippen LogP contribution in [0.3, 0.4) is 0 Å². The van der Waals surface area contributed by atoms with Gasteiger partial charge in [0.2, 0.25) is 0 Å². The summed E-state index contributed by atoms with van der Waals surface area (Å²) in [6, 6.07) is 5.71. The molecule has 1 atom stereocenters. The van der Waals surface area contributed by atoms with Crippen LogP contribution in [0.1, 0.15) is 6.42 Å². The van der Waals surface area contributed by atoms with E-state index in [1.807, 2.05) is 18.2 Å². The van der Waals surface area contributed by atoms with Crippen LogP contribution in [-0.2, 0) is 0 Å². The lowest BCUT2D eigenvalue weighted by Gasteiger charge is -2.13. The lowest BCUT2D eigenvalue weighted by molar-refractivity contribution is 0.385. The maximum Gasteiger partial charge on any atom is 0.186 e. The number of anilines is 1. The largest absolute Gasteiger partial charge is 0.348 e. The number of rotatable bonds is 2. The van der Waals surface area contributed by atoms with Gasteiger partial charge in [0.05, 0.1) is 16.9 Å². The van der Waals surface area contributed by atoms with Gasteiger partial charge in [-0.1, -0.05) is 22.9 Å². The molecule has 1 aliphatic heterocycles. The fraction of sp³-hybridized carbons (Fsp3) is 0.417. The SMILES string of the molecule is FCC1CCN(c2nc3ccc(Cl)cc3s2)C1. The van der Waals surface area contributed by atoms with E-state index in [1.165, 1.54) is 0 Å². The molecule has 17 heavy (non-hydrogen) atoms. The maximum absolute atomic E-state index is 12.6. The highest BCUT2D eigenvalue weighted by Gasteiger charge is 2.24. The Bertz CT molecular complexity index is 542. The van der Waals surface area contributed by atoms with E-state index in [0.717, 1.165) is 39.9 Å². The molecule has 3 rings (SSSR count). The van der Waals surface area contributed by atoms with E-state index >= 15 is 0 Å². The summed E-state index contributed by atoms with van der Waals surface area (Å²) in [5.41, 5.74) is 0.970. The molecule has 1 aromatic heterocycles. The Kier molecular flexibility index (Phi) is 2.92. The number of hydrogen-bond donors (Lipinski definition) is 0. The highest BCUT2D eigenvalue weighted by molar-refractivity contribution is 7.22. The third-order valence-electron chi connectivity index (χ3n) is 3.11. The topological polar surface area (TPSA) is 16.1 Å². The van der Waals surface area contributed by atoms with Crippen LogP contribution in [0, 0.1) is 5.92 Å². The van der Waals surface area contributed by atoms with Crippen molar-refractivity contribution in [3.63, 3.8) is 0 Å². The zero-order valence-electron chi connectivity index (χ0n) is 9.20. The van der Waals surface area contributed by atoms with E-state index in [0.29, 0.717) is 0 Å². The number of alkyl halides is 1. The second-order valence-electron chi connectivity index (χ2n) is 4.36. The van der Waals surface area contributed by atoms with Gasteiger partial charge >= 0.3 is 0 Å². The highest BCUT2D eigenvalue weighted by Crippen LogP contribution is 2.33. The molecule has 0 bridgehead atoms. The molecular weight excluding hydrogens is 259 g/mol. The first-order chi connectivity index (χ1) is 8.26. The molecule has 1 unspecified atom stereocenters. The van der Waals surface area contributed by atoms with Gasteiger partial charge in [-0.25, -0.2) is 4.98 Å². The van der Waals surface area contributed by atoms with Gasteiger partial charge in [-0.3, -0.25) is 4.39 Å². The first-order valence-electron chi connectivity index (χ1n) is 5.63. The molecule has 1 fully saturated rings. The third kappa shape index (κ3) is 2.11. The first kappa shape index (κ1) is 11.2. The van der Waals surface area contributed by atoms with Crippen LogP contribution >= 0.6 is 22.9 Å². The second kappa shape index (κ2) is 4.42. The highest BCUT2D eigenvalue weighted by atomic mass is 35.5. The molecule has 1 saturated heterocycles. The predicted molar refractivity (Wildman–Crippen MR) is 70.9 cm³/mol. The van der Waals surface area contributed by atoms with Crippen molar-refractivity contribution in [2.45, 2.75) is 6.42 Å². The van der Waals surface area contributed by atoms with E-state index < -0.39 is 0 Å². The molecule has 0 N–H and O–H groups in total. The molecule has 2 aromatic rings. The maximum atomic E-state index is 12.6. The van der Waals surface area contributed by atoms with Gasteiger partial charge in [-0.05, 0) is 24.6 Å². The molecule has 0 amide bonds. The van der Waals surface area contributed by atoms with Crippen LogP contribution < -0.4 is 4.90 Å². The number of hydrogen-bond acceptors (Lipinski definition) is 3. The minimum absolute atomic E-state index is 0.172. The molecule has 0 saturated carbocycles. The van der Waals surface area contributed by atoms with E-state index in [4.69, 9.17) is 11.6 Å². The summed E-state index contributed by atoms with van der Waals surface area (Å²) in [5.74, 6) is 0.172. The van der Waals surface area contributed by atoms with Gasteiger partial charge in [0, 0.05) is 24.0 Å². The van der Waals surface area contributed by atoms with Gasteiger partial charge in [0.1, 0.15) is 0 Å². The van der Waals surface area contributed by atoms with Gasteiger partial charge in [0.25, 0.3) is 0 Å². The van der Waals surface area contributed by atoms with Crippen LogP contribution in [0.15, 0.2) is 18.2 Å². The molecule has 1 aromatic carbocycles. The lowest BCUT2D eigenvalue weighted by atomic mass is 10.1. The Morgan fingerprint density at radius 2 is 2.41 bits per heavy atom. The monoisotopic (exact) mass is 270 g/mol. The Hall–Kier alpha value is -0.870. The summed E-state index contributed by atoms with van der Waals surface area (Å²) in [5, 5.41) is 1.72. The van der Waals surface area contributed by atoms with Crippen LogP contribution in [0.5, 0.6) is 0 Å². The number of thiazole rings is 1. The summed E-state index contributed by atoms with van der Waals surface area (Å²) in [7, 11) is 0. The van der Waals surface area contributed by atoms with Crippen molar-refractivity contribution in [3.05, 3.63) is 23.2 Å². The zero-order valence-corrected chi connectivity index (χ0v) is 10.8. The van der Waals surface area contributed by atoms with Crippen molar-refractivity contribution >= 4 is 38.3 Å². The smallest absolute Gasteiger partial charge is 0.186 e. The average molecular weight is 271 g/mol. The van der Waals surface area contributed by atoms with Crippen LogP contribution in [0.2, 0.25) is 5.02 Å². The van der Waals surface area contributed by atoms with Crippen LogP contribution in [0.25, 0.3) is 10.2 Å². The molecule has 5 heteroatoms. The van der Waals surface area contributed by atoms with E-state index in [-0.39, 0.29) is 12.6 Å². The summed E-state index contributed by atoms with van der Waals surface area (Å²) < 4.78 is 13.7. The van der Waals surface area contributed by atoms with E-state index in [9.17, 15) is 4.39 Å². The zero-order chi connectivity index (χ0) is 11.8. The van der Waals surface area contributed by atoms with Gasteiger partial charge in [0.15, 0.2) is 5.13 Å². The average Bonchev–Trinajstić information content (AvgIpc) is 2.93. The Balaban J connectivity index is 1.91. The fourth-order valence-corrected chi connectivity index (χ4v) is 3.43. The van der Waals surface area contributed by atoms with Gasteiger partial charge in [-0.15, -0.1) is 0 Å².